The second kappa shape index (κ2) is 7.76. The smallest absolute Gasteiger partial charge is 0.346 e. The summed E-state index contributed by atoms with van der Waals surface area (Å²) in [6.07, 6.45) is 1.23. The van der Waals surface area contributed by atoms with Gasteiger partial charge in [0.2, 0.25) is 0 Å². The molecule has 0 bridgehead atoms. The van der Waals surface area contributed by atoms with Gasteiger partial charge in [-0.25, -0.2) is 14.4 Å². The first-order valence-corrected chi connectivity index (χ1v) is 10.0. The van der Waals surface area contributed by atoms with Gasteiger partial charge in [-0.1, -0.05) is 36.4 Å². The molecule has 0 unspecified atom stereocenters. The number of hydrogen-bond acceptors (Lipinski definition) is 7. The molecule has 0 aliphatic carbocycles. The fraction of sp³-hybridized carbons (Fsp3) is 0. The number of carbonyl (C=O) groups excluding carboxylic acids is 2. The number of nitriles is 1. The van der Waals surface area contributed by atoms with Gasteiger partial charge in [-0.3, -0.25) is 0 Å². The molecular weight excluding hydrogens is 436 g/mol. The Morgan fingerprint density at radius 2 is 1.32 bits per heavy atom. The Morgan fingerprint density at radius 3 is 1.76 bits per heavy atom. The van der Waals surface area contributed by atoms with Gasteiger partial charge in [0.25, 0.3) is 0 Å². The normalized spacial score (nSPS) is 14.3. The van der Waals surface area contributed by atoms with Crippen molar-refractivity contribution in [3.8, 4) is 17.6 Å². The first-order valence-electron chi connectivity index (χ1n) is 10.0. The molecule has 0 saturated heterocycles. The van der Waals surface area contributed by atoms with Crippen molar-refractivity contribution in [2.45, 2.75) is 0 Å². The molecule has 0 atom stereocenters. The van der Waals surface area contributed by atoms with Gasteiger partial charge in [0.05, 0.1) is 11.1 Å². The Bertz CT molecular complexity index is 1610. The molecule has 0 amide bonds. The number of benzene rings is 3. The summed E-state index contributed by atoms with van der Waals surface area (Å²) >= 11 is 0. The molecule has 0 fully saturated rings. The maximum atomic E-state index is 12.7. The van der Waals surface area contributed by atoms with E-state index in [9.17, 15) is 14.4 Å². The zero-order valence-electron chi connectivity index (χ0n) is 17.4. The maximum Gasteiger partial charge on any atom is 0.346 e. The van der Waals surface area contributed by atoms with Crippen molar-refractivity contribution < 1.29 is 29.0 Å². The molecule has 8 heteroatoms. The highest BCUT2D eigenvalue weighted by atomic mass is 16.5. The van der Waals surface area contributed by atoms with Gasteiger partial charge in [-0.05, 0) is 47.0 Å². The van der Waals surface area contributed by atoms with Crippen molar-refractivity contribution in [1.29, 1.82) is 5.26 Å². The molecule has 3 aromatic carbocycles. The molecule has 2 heterocycles. The number of fused-ring (bicyclic) bond motifs is 2. The van der Waals surface area contributed by atoms with Gasteiger partial charge >= 0.3 is 17.9 Å². The molecule has 3 aromatic rings. The number of ether oxygens (including phenoxy) is 2. The molecular formula is C26H14N2O6. The summed E-state index contributed by atoms with van der Waals surface area (Å²) in [5, 5.41) is 18.9. The molecule has 164 valence electrons. The van der Waals surface area contributed by atoms with Crippen LogP contribution in [0.5, 0.6) is 11.5 Å². The van der Waals surface area contributed by atoms with Gasteiger partial charge in [0.1, 0.15) is 23.1 Å². The standard InChI is InChI=1S/C26H14N2O6/c27-12-16(24(29)30)9-13-1-3-14(4-2-13)22-18-10-21-19(11-20(18)33-25(22)31)23(26(32)34-21)15-5-7-17(28)8-6-15/h1-11H,28H2,(H,29,30)/b16-9-. The Hall–Kier alpha value is -5.16. The van der Waals surface area contributed by atoms with Crippen LogP contribution >= 0.6 is 0 Å². The van der Waals surface area contributed by atoms with Crippen molar-refractivity contribution in [2.24, 2.45) is 0 Å². The van der Waals surface area contributed by atoms with Crippen LogP contribution in [0.15, 0.2) is 66.2 Å². The zero-order chi connectivity index (χ0) is 24.0. The van der Waals surface area contributed by atoms with Crippen molar-refractivity contribution >= 4 is 40.8 Å². The number of esters is 2. The Labute approximate surface area is 192 Å². The van der Waals surface area contributed by atoms with E-state index in [1.165, 1.54) is 6.08 Å². The molecule has 2 aliphatic heterocycles. The van der Waals surface area contributed by atoms with E-state index in [1.807, 2.05) is 0 Å². The summed E-state index contributed by atoms with van der Waals surface area (Å²) in [7, 11) is 0. The Balaban J connectivity index is 1.63. The average Bonchev–Trinajstić information content (AvgIpc) is 3.30. The van der Waals surface area contributed by atoms with E-state index in [1.54, 1.807) is 66.7 Å². The van der Waals surface area contributed by atoms with Gasteiger partial charge < -0.3 is 20.3 Å². The van der Waals surface area contributed by atoms with E-state index in [0.717, 1.165) is 0 Å². The molecule has 0 spiro atoms. The van der Waals surface area contributed by atoms with Crippen LogP contribution in [0.3, 0.4) is 0 Å². The highest BCUT2D eigenvalue weighted by Gasteiger charge is 2.30. The number of anilines is 1. The summed E-state index contributed by atoms with van der Waals surface area (Å²) in [5.41, 5.74) is 8.18. The summed E-state index contributed by atoms with van der Waals surface area (Å²) < 4.78 is 10.9. The average molecular weight is 450 g/mol. The second-order valence-electron chi connectivity index (χ2n) is 7.59. The number of nitrogens with zero attached hydrogens (tertiary/aromatic N) is 1. The number of carboxylic acid groups (broad SMARTS) is 1. The number of nitrogens with two attached hydrogens (primary N) is 1. The van der Waals surface area contributed by atoms with Gasteiger partial charge in [-0.2, -0.15) is 5.26 Å². The van der Waals surface area contributed by atoms with Gasteiger partial charge in [-0.15, -0.1) is 0 Å². The third-order valence-electron chi connectivity index (χ3n) is 5.49. The predicted molar refractivity (Wildman–Crippen MR) is 121 cm³/mol. The van der Waals surface area contributed by atoms with E-state index >= 15 is 0 Å². The summed E-state index contributed by atoms with van der Waals surface area (Å²) in [6.45, 7) is 0. The number of carboxylic acids is 1. The van der Waals surface area contributed by atoms with Crippen molar-refractivity contribution in [2.75, 3.05) is 5.73 Å². The molecule has 8 nitrogen and oxygen atoms in total. The summed E-state index contributed by atoms with van der Waals surface area (Å²) in [5.74, 6) is -1.80. The number of aliphatic carboxylic acids is 1. The van der Waals surface area contributed by atoms with Crippen LogP contribution < -0.4 is 25.6 Å². The zero-order valence-corrected chi connectivity index (χ0v) is 17.4. The third kappa shape index (κ3) is 3.38. The van der Waals surface area contributed by atoms with Crippen LogP contribution in [0.1, 0.15) is 16.7 Å². The number of carbonyl (C=O) groups is 3. The van der Waals surface area contributed by atoms with Gasteiger partial charge in [0, 0.05) is 16.1 Å². The molecule has 0 aromatic heterocycles. The van der Waals surface area contributed by atoms with Crippen LogP contribution in [0.4, 0.5) is 5.69 Å². The van der Waals surface area contributed by atoms with Crippen LogP contribution in [0, 0.1) is 11.3 Å². The summed E-state index contributed by atoms with van der Waals surface area (Å²) in [6, 6.07) is 18.1. The van der Waals surface area contributed by atoms with E-state index in [0.29, 0.717) is 49.9 Å². The van der Waals surface area contributed by atoms with Crippen molar-refractivity contribution in [3.05, 3.63) is 93.4 Å². The van der Waals surface area contributed by atoms with Crippen molar-refractivity contribution in [1.82, 2.24) is 0 Å². The molecule has 0 radical (unpaired) electrons. The molecule has 2 aliphatic rings. The SMILES string of the molecule is N#C/C(=C/c1ccc(C2=c3cc4c(cc3OC2=O)=C(c2ccc(N)cc2)C(=O)O4)cc1)C(=O)O. The highest BCUT2D eigenvalue weighted by Crippen LogP contribution is 2.27. The minimum Gasteiger partial charge on any atom is -0.477 e. The lowest BCUT2D eigenvalue weighted by Crippen LogP contribution is -2.11. The quantitative estimate of drug-likeness (QED) is 0.200. The maximum absolute atomic E-state index is 12.7. The lowest BCUT2D eigenvalue weighted by Gasteiger charge is -2.01. The monoisotopic (exact) mass is 450 g/mol. The van der Waals surface area contributed by atoms with E-state index in [-0.39, 0.29) is 5.57 Å². The fourth-order valence-corrected chi connectivity index (χ4v) is 3.89. The fourth-order valence-electron chi connectivity index (χ4n) is 3.89. The second-order valence-corrected chi connectivity index (χ2v) is 7.59. The highest BCUT2D eigenvalue weighted by molar-refractivity contribution is 6.21. The number of hydrogen-bond donors (Lipinski definition) is 2. The van der Waals surface area contributed by atoms with Crippen LogP contribution in [-0.2, 0) is 14.4 Å². The van der Waals surface area contributed by atoms with Crippen LogP contribution in [-0.4, -0.2) is 23.0 Å². The number of rotatable bonds is 4. The number of nitrogen functional groups attached to an aromatic ring is 1. The molecule has 3 N–H and O–H groups in total. The first-order chi connectivity index (χ1) is 16.4. The first kappa shape index (κ1) is 20.7. The summed E-state index contributed by atoms with van der Waals surface area (Å²) in [4.78, 5) is 36.3. The Kier molecular flexibility index (Phi) is 4.73. The topological polar surface area (TPSA) is 140 Å². The van der Waals surface area contributed by atoms with E-state index < -0.39 is 23.5 Å². The molecule has 0 saturated carbocycles. The third-order valence-corrected chi connectivity index (χ3v) is 5.49. The van der Waals surface area contributed by atoms with Crippen molar-refractivity contribution in [3.63, 3.8) is 0 Å². The minimum atomic E-state index is -1.33. The van der Waals surface area contributed by atoms with Crippen LogP contribution in [0.25, 0.3) is 17.2 Å². The molecule has 5 rings (SSSR count). The van der Waals surface area contributed by atoms with E-state index in [4.69, 9.17) is 25.6 Å². The lowest BCUT2D eigenvalue weighted by molar-refractivity contribution is -0.132. The largest absolute Gasteiger partial charge is 0.477 e. The predicted octanol–water partition coefficient (Wildman–Crippen LogP) is 1.50. The van der Waals surface area contributed by atoms with Crippen LogP contribution in [0.2, 0.25) is 0 Å². The van der Waals surface area contributed by atoms with E-state index in [2.05, 4.69) is 0 Å². The molecule has 34 heavy (non-hydrogen) atoms. The van der Waals surface area contributed by atoms with Gasteiger partial charge in [0.15, 0.2) is 0 Å². The Morgan fingerprint density at radius 1 is 0.853 bits per heavy atom. The lowest BCUT2D eigenvalue weighted by atomic mass is 10.00. The minimum absolute atomic E-state index is 0.282.